The molecule has 3 aromatic rings. The van der Waals surface area contributed by atoms with Crippen LogP contribution in [0.5, 0.6) is 5.75 Å². The Morgan fingerprint density at radius 1 is 0.862 bits per heavy atom. The third-order valence-corrected chi connectivity index (χ3v) is 6.68. The van der Waals surface area contributed by atoms with E-state index in [-0.39, 0.29) is 56.7 Å². The lowest BCUT2D eigenvalue weighted by Crippen LogP contribution is -2.28. The number of aromatic hydroxyl groups is 1. The van der Waals surface area contributed by atoms with E-state index in [1.807, 2.05) is 0 Å². The first-order chi connectivity index (χ1) is 14.0. The SMILES string of the molecule is Oc1c(F)cc(C2(c3cc(SF)cc(SF)c3)OSc3ccccc32)cc1SF. The van der Waals surface area contributed by atoms with Gasteiger partial charge in [-0.25, -0.2) is 4.39 Å². The van der Waals surface area contributed by atoms with Crippen molar-refractivity contribution in [1.29, 1.82) is 0 Å². The number of fused-ring (bicyclic) bond motifs is 1. The van der Waals surface area contributed by atoms with Crippen molar-refractivity contribution in [2.45, 2.75) is 25.2 Å². The first-order valence-corrected chi connectivity index (χ1v) is 10.9. The highest BCUT2D eigenvalue weighted by molar-refractivity contribution is 7.95. The second-order valence-corrected chi connectivity index (χ2v) is 8.69. The molecule has 0 radical (unpaired) electrons. The summed E-state index contributed by atoms with van der Waals surface area (Å²) in [6, 6.07) is 13.7. The van der Waals surface area contributed by atoms with E-state index in [4.69, 9.17) is 4.18 Å². The average molecular weight is 475 g/mol. The van der Waals surface area contributed by atoms with Crippen molar-refractivity contribution in [1.82, 2.24) is 0 Å². The van der Waals surface area contributed by atoms with Crippen LogP contribution in [0.4, 0.5) is 16.0 Å². The molecule has 1 unspecified atom stereocenters. The Morgan fingerprint density at radius 2 is 1.52 bits per heavy atom. The highest BCUT2D eigenvalue weighted by atomic mass is 32.2. The molecule has 1 atom stereocenters. The van der Waals surface area contributed by atoms with Crippen LogP contribution < -0.4 is 0 Å². The molecule has 0 saturated heterocycles. The highest BCUT2D eigenvalue weighted by Crippen LogP contribution is 2.55. The normalized spacial score (nSPS) is 18.1. The molecule has 0 aromatic heterocycles. The van der Waals surface area contributed by atoms with Crippen molar-refractivity contribution >= 4 is 48.5 Å². The van der Waals surface area contributed by atoms with E-state index in [1.165, 1.54) is 24.3 Å². The number of halogens is 4. The molecule has 0 saturated carbocycles. The summed E-state index contributed by atoms with van der Waals surface area (Å²) in [5.41, 5.74) is -0.323. The summed E-state index contributed by atoms with van der Waals surface area (Å²) < 4.78 is 60.5. The zero-order valence-electron chi connectivity index (χ0n) is 14.2. The van der Waals surface area contributed by atoms with Crippen molar-refractivity contribution in [3.63, 3.8) is 0 Å². The smallest absolute Gasteiger partial charge is 0.167 e. The molecule has 10 heteroatoms. The van der Waals surface area contributed by atoms with Crippen molar-refractivity contribution in [3.8, 4) is 5.75 Å². The minimum absolute atomic E-state index is 0.0608. The van der Waals surface area contributed by atoms with Crippen LogP contribution in [0.1, 0.15) is 16.7 Å². The molecule has 1 N–H and O–H groups in total. The number of hydrogen-bond donors (Lipinski definition) is 1. The van der Waals surface area contributed by atoms with E-state index in [9.17, 15) is 21.2 Å². The summed E-state index contributed by atoms with van der Waals surface area (Å²) in [5, 5.41) is 9.79. The summed E-state index contributed by atoms with van der Waals surface area (Å²) in [4.78, 5) is 0.676. The summed E-state index contributed by atoms with van der Waals surface area (Å²) in [7, 11) is 0. The van der Waals surface area contributed by atoms with Crippen molar-refractivity contribution < 1.29 is 25.3 Å². The van der Waals surface area contributed by atoms with Gasteiger partial charge in [0.2, 0.25) is 0 Å². The molecule has 0 aliphatic carbocycles. The monoisotopic (exact) mass is 474 g/mol. The maximum Gasteiger partial charge on any atom is 0.167 e. The van der Waals surface area contributed by atoms with Gasteiger partial charge in [-0.1, -0.05) is 18.2 Å². The van der Waals surface area contributed by atoms with Crippen LogP contribution >= 0.6 is 48.5 Å². The molecular formula is C19H10F4O2S4. The minimum atomic E-state index is -1.46. The van der Waals surface area contributed by atoms with Gasteiger partial charge in [-0.05, 0) is 47.5 Å². The molecule has 1 heterocycles. The number of hydrogen-bond acceptors (Lipinski definition) is 6. The van der Waals surface area contributed by atoms with E-state index >= 15 is 0 Å². The zero-order chi connectivity index (χ0) is 20.6. The fourth-order valence-corrected chi connectivity index (χ4v) is 5.29. The fourth-order valence-electron chi connectivity index (χ4n) is 3.26. The van der Waals surface area contributed by atoms with Gasteiger partial charge in [0.05, 0.1) is 41.3 Å². The van der Waals surface area contributed by atoms with E-state index < -0.39 is 17.2 Å². The summed E-state index contributed by atoms with van der Waals surface area (Å²) >= 11 is 0.599. The van der Waals surface area contributed by atoms with Gasteiger partial charge in [0.1, 0.15) is 0 Å². The Balaban J connectivity index is 2.06. The van der Waals surface area contributed by atoms with Crippen LogP contribution in [-0.4, -0.2) is 5.11 Å². The summed E-state index contributed by atoms with van der Waals surface area (Å²) in [5.74, 6) is -1.85. The Morgan fingerprint density at radius 3 is 2.17 bits per heavy atom. The predicted molar refractivity (Wildman–Crippen MR) is 109 cm³/mol. The van der Waals surface area contributed by atoms with Crippen LogP contribution in [-0.2, 0) is 9.78 Å². The maximum absolute atomic E-state index is 14.4. The fraction of sp³-hybridized carbons (Fsp3) is 0.0526. The Bertz CT molecular complexity index is 1060. The van der Waals surface area contributed by atoms with Crippen LogP contribution in [0, 0.1) is 5.82 Å². The lowest BCUT2D eigenvalue weighted by Gasteiger charge is -2.30. The van der Waals surface area contributed by atoms with E-state index in [2.05, 4.69) is 0 Å². The Labute approximate surface area is 181 Å². The van der Waals surface area contributed by atoms with Crippen molar-refractivity contribution in [2.75, 3.05) is 0 Å². The lowest BCUT2D eigenvalue weighted by atomic mass is 9.80. The molecule has 4 rings (SSSR count). The van der Waals surface area contributed by atoms with Crippen LogP contribution in [0.2, 0.25) is 0 Å². The minimum Gasteiger partial charge on any atom is -0.504 e. The molecule has 1 aliphatic heterocycles. The number of phenols is 1. The van der Waals surface area contributed by atoms with E-state index in [0.29, 0.717) is 11.1 Å². The van der Waals surface area contributed by atoms with Gasteiger partial charge >= 0.3 is 0 Å². The van der Waals surface area contributed by atoms with Crippen LogP contribution in [0.15, 0.2) is 74.2 Å². The van der Waals surface area contributed by atoms with Gasteiger partial charge in [0.15, 0.2) is 17.2 Å². The lowest BCUT2D eigenvalue weighted by molar-refractivity contribution is 0.203. The molecule has 0 spiro atoms. The van der Waals surface area contributed by atoms with Gasteiger partial charge in [0, 0.05) is 32.3 Å². The largest absolute Gasteiger partial charge is 0.504 e. The molecular weight excluding hydrogens is 464 g/mol. The molecule has 0 bridgehead atoms. The standard InChI is InChI=1S/C19H10F4O2S4/c20-15-7-11(8-17(28-23)18(15)24)19(14-3-1-2-4-16(14)29-25-19)10-5-12(26-21)9-13(6-10)27-22/h1-9,24H. The molecule has 2 nitrogen and oxygen atoms in total. The second kappa shape index (κ2) is 8.35. The summed E-state index contributed by atoms with van der Waals surface area (Å²) in [6.07, 6.45) is 0. The van der Waals surface area contributed by atoms with Crippen molar-refractivity contribution in [2.24, 2.45) is 0 Å². The van der Waals surface area contributed by atoms with E-state index in [1.54, 1.807) is 24.3 Å². The van der Waals surface area contributed by atoms with E-state index in [0.717, 1.165) is 23.0 Å². The Kier molecular flexibility index (Phi) is 5.99. The molecule has 29 heavy (non-hydrogen) atoms. The number of rotatable bonds is 5. The predicted octanol–water partition coefficient (Wildman–Crippen LogP) is 7.79. The first kappa shape index (κ1) is 20.8. The molecule has 0 amide bonds. The van der Waals surface area contributed by atoms with Gasteiger partial charge in [-0.2, -0.15) is 11.7 Å². The van der Waals surface area contributed by atoms with Gasteiger partial charge in [-0.15, -0.1) is 0 Å². The maximum atomic E-state index is 14.4. The van der Waals surface area contributed by atoms with Crippen LogP contribution in [0.3, 0.4) is 0 Å². The summed E-state index contributed by atoms with van der Waals surface area (Å²) in [6.45, 7) is 0. The quantitative estimate of drug-likeness (QED) is 0.300. The molecule has 0 fully saturated rings. The average Bonchev–Trinajstić information content (AvgIpc) is 3.15. The van der Waals surface area contributed by atoms with Gasteiger partial charge in [-0.3, -0.25) is 4.18 Å². The number of benzene rings is 3. The zero-order valence-corrected chi connectivity index (χ0v) is 17.5. The van der Waals surface area contributed by atoms with Gasteiger partial charge < -0.3 is 5.11 Å². The molecule has 1 aliphatic rings. The second-order valence-electron chi connectivity index (χ2n) is 6.07. The topological polar surface area (TPSA) is 29.5 Å². The van der Waals surface area contributed by atoms with Crippen LogP contribution in [0.25, 0.3) is 0 Å². The third-order valence-electron chi connectivity index (χ3n) is 4.51. The van der Waals surface area contributed by atoms with Gasteiger partial charge in [0.25, 0.3) is 0 Å². The number of phenolic OH excluding ortho intramolecular Hbond substituents is 1. The third kappa shape index (κ3) is 3.50. The molecule has 3 aromatic carbocycles. The highest BCUT2D eigenvalue weighted by Gasteiger charge is 2.46. The first-order valence-electron chi connectivity index (χ1n) is 8.03. The van der Waals surface area contributed by atoms with Crippen molar-refractivity contribution in [3.05, 3.63) is 77.1 Å². The molecule has 150 valence electrons. The Hall–Kier alpha value is -1.46.